The van der Waals surface area contributed by atoms with Crippen molar-refractivity contribution >= 4 is 0 Å². The van der Waals surface area contributed by atoms with Crippen molar-refractivity contribution in [3.05, 3.63) is 18.2 Å². The number of nitrogens with zero attached hydrogens (tertiary/aromatic N) is 2. The van der Waals surface area contributed by atoms with Gasteiger partial charge in [0.25, 0.3) is 0 Å². The molecule has 0 aliphatic heterocycles. The van der Waals surface area contributed by atoms with Gasteiger partial charge in [-0.05, 0) is 25.3 Å². The Morgan fingerprint density at radius 3 is 3.12 bits per heavy atom. The van der Waals surface area contributed by atoms with E-state index in [1.165, 1.54) is 37.8 Å². The zero-order chi connectivity index (χ0) is 11.4. The van der Waals surface area contributed by atoms with E-state index in [1.54, 1.807) is 0 Å². The first-order chi connectivity index (χ1) is 7.85. The third kappa shape index (κ3) is 2.46. The molecule has 1 aromatic rings. The molecule has 1 saturated carbocycles. The highest BCUT2D eigenvalue weighted by atomic mass is 15.1. The number of imidazole rings is 1. The summed E-state index contributed by atoms with van der Waals surface area (Å²) in [6, 6.07) is 0.669. The summed E-state index contributed by atoms with van der Waals surface area (Å²) in [5, 5.41) is 0. The van der Waals surface area contributed by atoms with Crippen LogP contribution in [0.4, 0.5) is 0 Å². The average molecular weight is 221 g/mol. The normalized spacial score (nSPS) is 25.9. The topological polar surface area (TPSA) is 43.8 Å². The van der Waals surface area contributed by atoms with Gasteiger partial charge in [-0.1, -0.05) is 26.2 Å². The van der Waals surface area contributed by atoms with E-state index in [0.29, 0.717) is 6.04 Å². The van der Waals surface area contributed by atoms with Crippen molar-refractivity contribution < 1.29 is 0 Å². The Labute approximate surface area is 98.1 Å². The van der Waals surface area contributed by atoms with Gasteiger partial charge in [-0.3, -0.25) is 0 Å². The summed E-state index contributed by atoms with van der Waals surface area (Å²) in [4.78, 5) is 4.27. The number of hydrogen-bond acceptors (Lipinski definition) is 2. The van der Waals surface area contributed by atoms with Crippen LogP contribution < -0.4 is 5.73 Å². The highest BCUT2D eigenvalue weighted by molar-refractivity contribution is 5.01. The van der Waals surface area contributed by atoms with Gasteiger partial charge in [-0.2, -0.15) is 0 Å². The van der Waals surface area contributed by atoms with Crippen LogP contribution in [-0.4, -0.2) is 16.1 Å². The second-order valence-electron chi connectivity index (χ2n) is 4.93. The minimum Gasteiger partial charge on any atom is -0.331 e. The maximum absolute atomic E-state index is 5.63. The van der Waals surface area contributed by atoms with E-state index in [9.17, 15) is 0 Å². The molecule has 1 heterocycles. The van der Waals surface area contributed by atoms with Gasteiger partial charge in [0.2, 0.25) is 0 Å². The van der Waals surface area contributed by atoms with Crippen molar-refractivity contribution in [1.29, 1.82) is 0 Å². The molecule has 90 valence electrons. The molecule has 1 fully saturated rings. The maximum Gasteiger partial charge on any atom is 0.0950 e. The van der Waals surface area contributed by atoms with Crippen LogP contribution in [0.25, 0.3) is 0 Å². The standard InChI is InChI=1S/C13H23N3/c1-2-11-4-3-5-12(8-11)16-10-15-9-13(16)6-7-14/h9-12H,2-8,14H2,1H3. The fourth-order valence-electron chi connectivity index (χ4n) is 2.89. The number of rotatable bonds is 4. The van der Waals surface area contributed by atoms with Crippen LogP contribution in [0.15, 0.2) is 12.5 Å². The second-order valence-corrected chi connectivity index (χ2v) is 4.93. The molecule has 3 heteroatoms. The first kappa shape index (κ1) is 11.6. The lowest BCUT2D eigenvalue weighted by molar-refractivity contribution is 0.258. The van der Waals surface area contributed by atoms with Crippen LogP contribution in [0.1, 0.15) is 50.8 Å². The van der Waals surface area contributed by atoms with Gasteiger partial charge in [-0.15, -0.1) is 0 Å². The molecule has 0 amide bonds. The Balaban J connectivity index is 2.07. The molecule has 1 aromatic heterocycles. The summed E-state index contributed by atoms with van der Waals surface area (Å²) in [5.41, 5.74) is 6.94. The minimum absolute atomic E-state index is 0.669. The molecule has 3 nitrogen and oxygen atoms in total. The van der Waals surface area contributed by atoms with Gasteiger partial charge in [-0.25, -0.2) is 4.98 Å². The van der Waals surface area contributed by atoms with E-state index in [-0.39, 0.29) is 0 Å². The van der Waals surface area contributed by atoms with Crippen LogP contribution in [-0.2, 0) is 6.42 Å². The highest BCUT2D eigenvalue weighted by Crippen LogP contribution is 2.34. The molecule has 16 heavy (non-hydrogen) atoms. The lowest BCUT2D eigenvalue weighted by Gasteiger charge is -2.30. The highest BCUT2D eigenvalue weighted by Gasteiger charge is 2.22. The maximum atomic E-state index is 5.63. The van der Waals surface area contributed by atoms with Crippen LogP contribution in [0.3, 0.4) is 0 Å². The van der Waals surface area contributed by atoms with Crippen LogP contribution in [0.2, 0.25) is 0 Å². The molecule has 2 unspecified atom stereocenters. The van der Waals surface area contributed by atoms with E-state index in [1.807, 2.05) is 12.5 Å². The largest absolute Gasteiger partial charge is 0.331 e. The van der Waals surface area contributed by atoms with Gasteiger partial charge in [0.15, 0.2) is 0 Å². The Morgan fingerprint density at radius 2 is 2.38 bits per heavy atom. The molecular weight excluding hydrogens is 198 g/mol. The lowest BCUT2D eigenvalue weighted by Crippen LogP contribution is -2.20. The summed E-state index contributed by atoms with van der Waals surface area (Å²) in [5.74, 6) is 0.909. The molecule has 2 atom stereocenters. The molecule has 2 N–H and O–H groups in total. The predicted molar refractivity (Wildman–Crippen MR) is 66.3 cm³/mol. The van der Waals surface area contributed by atoms with E-state index < -0.39 is 0 Å². The quantitative estimate of drug-likeness (QED) is 0.849. The van der Waals surface area contributed by atoms with Crippen molar-refractivity contribution in [2.24, 2.45) is 11.7 Å². The second kappa shape index (κ2) is 5.48. The predicted octanol–water partition coefficient (Wildman–Crippen LogP) is 2.53. The number of hydrogen-bond donors (Lipinski definition) is 1. The van der Waals surface area contributed by atoms with E-state index in [4.69, 9.17) is 5.73 Å². The molecule has 2 rings (SSSR count). The van der Waals surface area contributed by atoms with Crippen LogP contribution >= 0.6 is 0 Å². The number of nitrogens with two attached hydrogens (primary N) is 1. The molecule has 0 bridgehead atoms. The van der Waals surface area contributed by atoms with Gasteiger partial charge in [0.05, 0.1) is 6.33 Å². The summed E-state index contributed by atoms with van der Waals surface area (Å²) < 4.78 is 2.37. The van der Waals surface area contributed by atoms with Crippen molar-refractivity contribution in [2.45, 2.75) is 51.5 Å². The summed E-state index contributed by atoms with van der Waals surface area (Å²) in [7, 11) is 0. The Hall–Kier alpha value is -0.830. The third-order valence-electron chi connectivity index (χ3n) is 3.87. The van der Waals surface area contributed by atoms with E-state index in [2.05, 4.69) is 16.5 Å². The van der Waals surface area contributed by atoms with Gasteiger partial charge in [0.1, 0.15) is 0 Å². The zero-order valence-electron chi connectivity index (χ0n) is 10.2. The average Bonchev–Trinajstić information content (AvgIpc) is 2.78. The summed E-state index contributed by atoms with van der Waals surface area (Å²) in [6.45, 7) is 3.03. The third-order valence-corrected chi connectivity index (χ3v) is 3.87. The molecule has 1 aliphatic carbocycles. The first-order valence-corrected chi connectivity index (χ1v) is 6.56. The smallest absolute Gasteiger partial charge is 0.0950 e. The Bertz CT molecular complexity index is 319. The van der Waals surface area contributed by atoms with E-state index in [0.717, 1.165) is 18.9 Å². The fraction of sp³-hybridized carbons (Fsp3) is 0.769. The lowest BCUT2D eigenvalue weighted by atomic mass is 9.84. The molecule has 0 saturated heterocycles. The van der Waals surface area contributed by atoms with Crippen molar-refractivity contribution in [2.75, 3.05) is 6.54 Å². The molecule has 1 aliphatic rings. The van der Waals surface area contributed by atoms with E-state index >= 15 is 0 Å². The molecule has 0 spiro atoms. The van der Waals surface area contributed by atoms with Gasteiger partial charge in [0, 0.05) is 24.4 Å². The van der Waals surface area contributed by atoms with Crippen molar-refractivity contribution in [3.8, 4) is 0 Å². The SMILES string of the molecule is CCC1CCCC(n2cncc2CCN)C1. The molecule has 0 aromatic carbocycles. The monoisotopic (exact) mass is 221 g/mol. The number of aromatic nitrogens is 2. The van der Waals surface area contributed by atoms with Crippen LogP contribution in [0, 0.1) is 5.92 Å². The van der Waals surface area contributed by atoms with Gasteiger partial charge < -0.3 is 10.3 Å². The Morgan fingerprint density at radius 1 is 1.50 bits per heavy atom. The summed E-state index contributed by atoms with van der Waals surface area (Å²) in [6.07, 6.45) is 11.6. The van der Waals surface area contributed by atoms with Gasteiger partial charge >= 0.3 is 0 Å². The molecular formula is C13H23N3. The Kier molecular flexibility index (Phi) is 3.99. The first-order valence-electron chi connectivity index (χ1n) is 6.56. The van der Waals surface area contributed by atoms with Crippen molar-refractivity contribution in [1.82, 2.24) is 9.55 Å². The molecule has 0 radical (unpaired) electrons. The van der Waals surface area contributed by atoms with Crippen molar-refractivity contribution in [3.63, 3.8) is 0 Å². The minimum atomic E-state index is 0.669. The zero-order valence-corrected chi connectivity index (χ0v) is 10.2. The van der Waals surface area contributed by atoms with Crippen LogP contribution in [0.5, 0.6) is 0 Å². The summed E-state index contributed by atoms with van der Waals surface area (Å²) >= 11 is 0. The fourth-order valence-corrected chi connectivity index (χ4v) is 2.89.